The van der Waals surface area contributed by atoms with Gasteiger partial charge in [-0.1, -0.05) is 30.9 Å². The van der Waals surface area contributed by atoms with Gasteiger partial charge in [0.05, 0.1) is 34.0 Å². The first-order valence-corrected chi connectivity index (χ1v) is 11.1. The second kappa shape index (κ2) is 9.40. The maximum atomic E-state index is 6.21. The number of rotatable bonds is 5. The summed E-state index contributed by atoms with van der Waals surface area (Å²) < 4.78 is 14.5. The molecule has 5 nitrogen and oxygen atoms in total. The number of aryl methyl sites for hydroxylation is 1. The van der Waals surface area contributed by atoms with Crippen LogP contribution in [0, 0.1) is 22.3 Å². The average molecular weight is 523 g/mol. The molecular weight excluding hydrogens is 501 g/mol. The molecule has 4 aromatic rings. The first kappa shape index (κ1) is 21.2. The van der Waals surface area contributed by atoms with Crippen molar-refractivity contribution >= 4 is 33.5 Å². The molecule has 0 bridgehead atoms. The SMILES string of the molecule is CCC#Cc1cc2c(C)nn(Cc3cccc(OC)c3)c2cc1Oc1ncccc1I. The van der Waals surface area contributed by atoms with E-state index >= 15 is 0 Å². The summed E-state index contributed by atoms with van der Waals surface area (Å²) in [6, 6.07) is 16.0. The number of methoxy groups -OCH3 is 1. The Morgan fingerprint density at radius 3 is 2.77 bits per heavy atom. The second-order valence-corrected chi connectivity index (χ2v) is 8.17. The van der Waals surface area contributed by atoms with Gasteiger partial charge >= 0.3 is 0 Å². The molecule has 0 aliphatic carbocycles. The highest BCUT2D eigenvalue weighted by atomic mass is 127. The monoisotopic (exact) mass is 523 g/mol. The van der Waals surface area contributed by atoms with E-state index in [1.165, 1.54) is 0 Å². The number of benzene rings is 2. The summed E-state index contributed by atoms with van der Waals surface area (Å²) in [6.45, 7) is 4.68. The van der Waals surface area contributed by atoms with Crippen LogP contribution < -0.4 is 9.47 Å². The average Bonchev–Trinajstić information content (AvgIpc) is 3.08. The molecule has 0 N–H and O–H groups in total. The van der Waals surface area contributed by atoms with Crippen molar-refractivity contribution < 1.29 is 9.47 Å². The maximum absolute atomic E-state index is 6.21. The van der Waals surface area contributed by atoms with Crippen LogP contribution in [0.5, 0.6) is 17.4 Å². The Kier molecular flexibility index (Phi) is 6.42. The van der Waals surface area contributed by atoms with Crippen molar-refractivity contribution in [1.82, 2.24) is 14.8 Å². The van der Waals surface area contributed by atoms with E-state index in [0.29, 0.717) is 18.2 Å². The van der Waals surface area contributed by atoms with Crippen LogP contribution in [0.4, 0.5) is 0 Å². The standard InChI is InChI=1S/C25H22IN3O2/c1-4-5-9-19-14-21-17(2)28-29(16-18-8-6-10-20(13-18)30-3)23(21)15-24(19)31-25-22(26)11-7-12-27-25/h6-8,10-15H,4,16H2,1-3H3. The summed E-state index contributed by atoms with van der Waals surface area (Å²) >= 11 is 2.23. The summed E-state index contributed by atoms with van der Waals surface area (Å²) in [6.07, 6.45) is 2.50. The quantitative estimate of drug-likeness (QED) is 0.240. The van der Waals surface area contributed by atoms with Gasteiger partial charge in [0.25, 0.3) is 0 Å². The fourth-order valence-electron chi connectivity index (χ4n) is 3.34. The Hall–Kier alpha value is -3.05. The van der Waals surface area contributed by atoms with Crippen LogP contribution in [0.15, 0.2) is 54.7 Å². The zero-order chi connectivity index (χ0) is 21.8. The molecule has 0 saturated carbocycles. The van der Waals surface area contributed by atoms with Crippen LogP contribution in [0.2, 0.25) is 0 Å². The Morgan fingerprint density at radius 1 is 1.13 bits per heavy atom. The summed E-state index contributed by atoms with van der Waals surface area (Å²) in [4.78, 5) is 4.38. The van der Waals surface area contributed by atoms with Crippen LogP contribution in [-0.4, -0.2) is 21.9 Å². The molecule has 0 fully saturated rings. The lowest BCUT2D eigenvalue weighted by Crippen LogP contribution is -2.02. The predicted molar refractivity (Wildman–Crippen MR) is 131 cm³/mol. The summed E-state index contributed by atoms with van der Waals surface area (Å²) in [5.41, 5.74) is 3.89. The van der Waals surface area contributed by atoms with Crippen LogP contribution in [0.25, 0.3) is 10.9 Å². The minimum Gasteiger partial charge on any atom is -0.497 e. The number of ether oxygens (including phenoxy) is 2. The molecule has 2 aromatic carbocycles. The Bertz CT molecular complexity index is 1300. The van der Waals surface area contributed by atoms with E-state index in [1.54, 1.807) is 13.3 Å². The second-order valence-electron chi connectivity index (χ2n) is 7.01. The first-order chi connectivity index (χ1) is 15.1. The molecule has 0 radical (unpaired) electrons. The number of pyridine rings is 1. The third-order valence-corrected chi connectivity index (χ3v) is 5.66. The van der Waals surface area contributed by atoms with Crippen molar-refractivity contribution in [2.45, 2.75) is 26.8 Å². The van der Waals surface area contributed by atoms with Crippen LogP contribution in [0.1, 0.15) is 30.2 Å². The van der Waals surface area contributed by atoms with Crippen molar-refractivity contribution in [3.05, 3.63) is 75.1 Å². The minimum absolute atomic E-state index is 0.567. The van der Waals surface area contributed by atoms with E-state index in [4.69, 9.17) is 14.6 Å². The van der Waals surface area contributed by atoms with Gasteiger partial charge in [0.1, 0.15) is 11.5 Å². The molecular formula is C25H22IN3O2. The van der Waals surface area contributed by atoms with Gasteiger partial charge in [-0.05, 0) is 65.4 Å². The summed E-state index contributed by atoms with van der Waals surface area (Å²) in [5, 5.41) is 5.84. The number of halogens is 1. The fraction of sp³-hybridized carbons (Fsp3) is 0.200. The largest absolute Gasteiger partial charge is 0.497 e. The number of hydrogen-bond donors (Lipinski definition) is 0. The molecule has 156 valence electrons. The molecule has 2 heterocycles. The van der Waals surface area contributed by atoms with Crippen molar-refractivity contribution in [2.24, 2.45) is 0 Å². The van der Waals surface area contributed by atoms with Crippen molar-refractivity contribution in [3.63, 3.8) is 0 Å². The van der Waals surface area contributed by atoms with E-state index in [-0.39, 0.29) is 0 Å². The zero-order valence-electron chi connectivity index (χ0n) is 17.6. The van der Waals surface area contributed by atoms with Gasteiger partial charge in [0.2, 0.25) is 5.88 Å². The number of fused-ring (bicyclic) bond motifs is 1. The molecule has 31 heavy (non-hydrogen) atoms. The third-order valence-electron chi connectivity index (χ3n) is 4.83. The molecule has 0 spiro atoms. The van der Waals surface area contributed by atoms with Gasteiger partial charge < -0.3 is 9.47 Å². The fourth-order valence-corrected chi connectivity index (χ4v) is 3.80. The van der Waals surface area contributed by atoms with Gasteiger partial charge in [-0.25, -0.2) is 4.98 Å². The molecule has 0 atom stereocenters. The van der Waals surface area contributed by atoms with E-state index in [2.05, 4.69) is 51.5 Å². The van der Waals surface area contributed by atoms with Crippen LogP contribution in [-0.2, 0) is 6.54 Å². The van der Waals surface area contributed by atoms with Gasteiger partial charge in [0.15, 0.2) is 0 Å². The normalized spacial score (nSPS) is 10.6. The lowest BCUT2D eigenvalue weighted by atomic mass is 10.1. The smallest absolute Gasteiger partial charge is 0.232 e. The third kappa shape index (κ3) is 4.67. The van der Waals surface area contributed by atoms with E-state index < -0.39 is 0 Å². The molecule has 0 saturated heterocycles. The highest BCUT2D eigenvalue weighted by Gasteiger charge is 2.15. The van der Waals surface area contributed by atoms with Crippen LogP contribution >= 0.6 is 22.6 Å². The highest BCUT2D eigenvalue weighted by molar-refractivity contribution is 14.1. The van der Waals surface area contributed by atoms with Crippen LogP contribution in [0.3, 0.4) is 0 Å². The van der Waals surface area contributed by atoms with E-state index in [0.717, 1.165) is 43.5 Å². The topological polar surface area (TPSA) is 49.2 Å². The highest BCUT2D eigenvalue weighted by Crippen LogP contribution is 2.32. The number of aromatic nitrogens is 3. The van der Waals surface area contributed by atoms with Gasteiger partial charge in [0, 0.05) is 24.1 Å². The maximum Gasteiger partial charge on any atom is 0.232 e. The molecule has 0 amide bonds. The van der Waals surface area contributed by atoms with Gasteiger partial charge in [-0.2, -0.15) is 5.10 Å². The number of hydrogen-bond acceptors (Lipinski definition) is 4. The first-order valence-electron chi connectivity index (χ1n) is 10.0. The zero-order valence-corrected chi connectivity index (χ0v) is 19.8. The van der Waals surface area contributed by atoms with Gasteiger partial charge in [-0.15, -0.1) is 0 Å². The minimum atomic E-state index is 0.567. The summed E-state index contributed by atoms with van der Waals surface area (Å²) in [7, 11) is 1.67. The molecule has 0 unspecified atom stereocenters. The summed E-state index contributed by atoms with van der Waals surface area (Å²) in [5.74, 6) is 8.47. The Morgan fingerprint density at radius 2 is 2.00 bits per heavy atom. The molecule has 0 aliphatic heterocycles. The molecule has 4 rings (SSSR count). The van der Waals surface area contributed by atoms with Crippen molar-refractivity contribution in [3.8, 4) is 29.2 Å². The van der Waals surface area contributed by atoms with Crippen molar-refractivity contribution in [2.75, 3.05) is 7.11 Å². The lowest BCUT2D eigenvalue weighted by Gasteiger charge is -2.11. The van der Waals surface area contributed by atoms with Crippen molar-refractivity contribution in [1.29, 1.82) is 0 Å². The predicted octanol–water partition coefficient (Wildman–Crippen LogP) is 5.96. The molecule has 0 aliphatic rings. The molecule has 6 heteroatoms. The van der Waals surface area contributed by atoms with E-state index in [1.807, 2.05) is 54.9 Å². The van der Waals surface area contributed by atoms with E-state index in [9.17, 15) is 0 Å². The Labute approximate surface area is 195 Å². The number of nitrogens with zero attached hydrogens (tertiary/aromatic N) is 3. The Balaban J connectivity index is 1.81. The van der Waals surface area contributed by atoms with Gasteiger partial charge in [-0.3, -0.25) is 4.68 Å². The lowest BCUT2D eigenvalue weighted by molar-refractivity contribution is 0.414. The molecule has 2 aromatic heterocycles.